The van der Waals surface area contributed by atoms with Gasteiger partial charge in [-0.25, -0.2) is 4.68 Å². The molecule has 1 aromatic heterocycles. The highest BCUT2D eigenvalue weighted by atomic mass is 16.2. The Balaban J connectivity index is 1.56. The van der Waals surface area contributed by atoms with E-state index in [1.54, 1.807) is 0 Å². The van der Waals surface area contributed by atoms with Crippen molar-refractivity contribution in [3.8, 4) is 0 Å². The molecule has 23 heavy (non-hydrogen) atoms. The molecule has 128 valence electrons. The summed E-state index contributed by atoms with van der Waals surface area (Å²) in [5.74, 6) is 0.764. The van der Waals surface area contributed by atoms with Crippen LogP contribution in [0.1, 0.15) is 62.5 Å². The first-order valence-electron chi connectivity index (χ1n) is 9.07. The van der Waals surface area contributed by atoms with E-state index in [0.717, 1.165) is 51.9 Å². The molecule has 0 saturated carbocycles. The number of nitrogens with zero attached hydrogens (tertiary/aromatic N) is 5. The molecule has 0 spiro atoms. The molecule has 2 aliphatic heterocycles. The van der Waals surface area contributed by atoms with Crippen LogP contribution >= 0.6 is 0 Å². The van der Waals surface area contributed by atoms with Gasteiger partial charge in [-0.05, 0) is 38.0 Å². The van der Waals surface area contributed by atoms with Gasteiger partial charge in [0.25, 0.3) is 5.91 Å². The SMILES string of the molecule is CC(C)CN1CCC(n2cc(C(=O)N3CCCCC3)nn2)CC1. The van der Waals surface area contributed by atoms with Crippen LogP contribution in [0.3, 0.4) is 0 Å². The number of piperidine rings is 2. The fourth-order valence-corrected chi connectivity index (χ4v) is 3.70. The standard InChI is InChI=1S/C17H29N5O/c1-14(2)12-20-10-6-15(7-11-20)22-13-16(18-19-22)17(23)21-8-4-3-5-9-21/h13-15H,3-12H2,1-2H3. The molecule has 0 atom stereocenters. The maximum Gasteiger partial charge on any atom is 0.276 e. The summed E-state index contributed by atoms with van der Waals surface area (Å²) in [6.07, 6.45) is 7.48. The molecule has 3 rings (SSSR count). The third-order valence-electron chi connectivity index (χ3n) is 4.93. The van der Waals surface area contributed by atoms with E-state index in [0.29, 0.717) is 17.7 Å². The van der Waals surface area contributed by atoms with E-state index in [9.17, 15) is 4.79 Å². The molecule has 0 N–H and O–H groups in total. The number of amides is 1. The lowest BCUT2D eigenvalue weighted by molar-refractivity contribution is 0.0718. The van der Waals surface area contributed by atoms with Gasteiger partial charge >= 0.3 is 0 Å². The minimum absolute atomic E-state index is 0.0493. The normalized spacial score (nSPS) is 21.1. The van der Waals surface area contributed by atoms with E-state index in [1.165, 1.54) is 13.0 Å². The fraction of sp³-hybridized carbons (Fsp3) is 0.824. The maximum atomic E-state index is 12.5. The molecule has 2 saturated heterocycles. The van der Waals surface area contributed by atoms with Crippen molar-refractivity contribution in [1.29, 1.82) is 0 Å². The topological polar surface area (TPSA) is 54.3 Å². The number of carbonyl (C=O) groups excluding carboxylic acids is 1. The van der Waals surface area contributed by atoms with E-state index in [-0.39, 0.29) is 5.91 Å². The molecule has 0 unspecified atom stereocenters. The Kier molecular flexibility index (Phi) is 5.30. The van der Waals surface area contributed by atoms with Crippen molar-refractivity contribution in [3.63, 3.8) is 0 Å². The maximum absolute atomic E-state index is 12.5. The van der Waals surface area contributed by atoms with Gasteiger partial charge in [-0.2, -0.15) is 0 Å². The summed E-state index contributed by atoms with van der Waals surface area (Å²) in [6.45, 7) is 9.64. The molecule has 1 amide bonds. The summed E-state index contributed by atoms with van der Waals surface area (Å²) in [6, 6.07) is 0.383. The van der Waals surface area contributed by atoms with Crippen LogP contribution in [0.15, 0.2) is 6.20 Å². The van der Waals surface area contributed by atoms with Crippen LogP contribution < -0.4 is 0 Å². The molecule has 0 aliphatic carbocycles. The number of hydrogen-bond acceptors (Lipinski definition) is 4. The molecular formula is C17H29N5O. The lowest BCUT2D eigenvalue weighted by Crippen LogP contribution is -2.37. The zero-order valence-electron chi connectivity index (χ0n) is 14.4. The fourth-order valence-electron chi connectivity index (χ4n) is 3.70. The Labute approximate surface area is 138 Å². The third-order valence-corrected chi connectivity index (χ3v) is 4.93. The lowest BCUT2D eigenvalue weighted by Gasteiger charge is -2.32. The number of rotatable bonds is 4. The summed E-state index contributed by atoms with van der Waals surface area (Å²) in [5.41, 5.74) is 0.511. The van der Waals surface area contributed by atoms with Crippen LogP contribution in [0.2, 0.25) is 0 Å². The Morgan fingerprint density at radius 1 is 1.17 bits per heavy atom. The Bertz CT molecular complexity index is 513. The van der Waals surface area contributed by atoms with Crippen LogP contribution in [0.5, 0.6) is 0 Å². The first kappa shape index (κ1) is 16.4. The van der Waals surface area contributed by atoms with Crippen LogP contribution in [0, 0.1) is 5.92 Å². The number of hydrogen-bond donors (Lipinski definition) is 0. The van der Waals surface area contributed by atoms with Crippen LogP contribution in [-0.2, 0) is 0 Å². The first-order valence-corrected chi connectivity index (χ1v) is 9.07. The van der Waals surface area contributed by atoms with Crippen molar-refractivity contribution in [3.05, 3.63) is 11.9 Å². The Morgan fingerprint density at radius 2 is 1.87 bits per heavy atom. The second-order valence-corrected chi connectivity index (χ2v) is 7.36. The molecule has 6 nitrogen and oxygen atoms in total. The van der Waals surface area contributed by atoms with Gasteiger partial charge in [0.05, 0.1) is 12.2 Å². The molecular weight excluding hydrogens is 290 g/mol. The number of aromatic nitrogens is 3. The van der Waals surface area contributed by atoms with Crippen molar-refractivity contribution in [2.45, 2.75) is 52.0 Å². The highest BCUT2D eigenvalue weighted by Crippen LogP contribution is 2.22. The van der Waals surface area contributed by atoms with Gasteiger partial charge in [0.2, 0.25) is 0 Å². The molecule has 1 aromatic rings. The molecule has 6 heteroatoms. The summed E-state index contributed by atoms with van der Waals surface area (Å²) in [5, 5.41) is 8.38. The highest BCUT2D eigenvalue weighted by Gasteiger charge is 2.25. The summed E-state index contributed by atoms with van der Waals surface area (Å²) in [4.78, 5) is 16.9. The largest absolute Gasteiger partial charge is 0.337 e. The number of likely N-dealkylation sites (tertiary alicyclic amines) is 2. The van der Waals surface area contributed by atoms with E-state index in [2.05, 4.69) is 29.1 Å². The van der Waals surface area contributed by atoms with Gasteiger partial charge in [-0.1, -0.05) is 19.1 Å². The quantitative estimate of drug-likeness (QED) is 0.854. The summed E-state index contributed by atoms with van der Waals surface area (Å²) in [7, 11) is 0. The van der Waals surface area contributed by atoms with Gasteiger partial charge in [-0.15, -0.1) is 5.10 Å². The molecule has 3 heterocycles. The minimum atomic E-state index is 0.0493. The van der Waals surface area contributed by atoms with Gasteiger partial charge in [0, 0.05) is 32.7 Å². The Morgan fingerprint density at radius 3 is 2.52 bits per heavy atom. The van der Waals surface area contributed by atoms with E-state index in [1.807, 2.05) is 15.8 Å². The van der Waals surface area contributed by atoms with Gasteiger partial charge in [0.15, 0.2) is 5.69 Å². The van der Waals surface area contributed by atoms with E-state index < -0.39 is 0 Å². The smallest absolute Gasteiger partial charge is 0.276 e. The second kappa shape index (κ2) is 7.43. The summed E-state index contributed by atoms with van der Waals surface area (Å²) < 4.78 is 1.92. The molecule has 0 aromatic carbocycles. The first-order chi connectivity index (χ1) is 11.1. The van der Waals surface area contributed by atoms with Crippen molar-refractivity contribution < 1.29 is 4.79 Å². The average Bonchev–Trinajstić information content (AvgIpc) is 3.05. The molecule has 2 fully saturated rings. The monoisotopic (exact) mass is 319 g/mol. The van der Waals surface area contributed by atoms with Crippen molar-refractivity contribution in [2.24, 2.45) is 5.92 Å². The molecule has 0 bridgehead atoms. The van der Waals surface area contributed by atoms with Gasteiger partial charge in [0.1, 0.15) is 0 Å². The average molecular weight is 319 g/mol. The molecule has 2 aliphatic rings. The number of carbonyl (C=O) groups is 1. The molecule has 0 radical (unpaired) electrons. The van der Waals surface area contributed by atoms with Gasteiger partial charge < -0.3 is 9.80 Å². The predicted octanol–water partition coefficient (Wildman–Crippen LogP) is 2.20. The minimum Gasteiger partial charge on any atom is -0.337 e. The van der Waals surface area contributed by atoms with Crippen molar-refractivity contribution >= 4 is 5.91 Å². The highest BCUT2D eigenvalue weighted by molar-refractivity contribution is 5.91. The van der Waals surface area contributed by atoms with Crippen molar-refractivity contribution in [2.75, 3.05) is 32.7 Å². The van der Waals surface area contributed by atoms with E-state index >= 15 is 0 Å². The van der Waals surface area contributed by atoms with Crippen LogP contribution in [0.4, 0.5) is 0 Å². The predicted molar refractivity (Wildman–Crippen MR) is 89.3 cm³/mol. The van der Waals surface area contributed by atoms with Crippen LogP contribution in [0.25, 0.3) is 0 Å². The lowest BCUT2D eigenvalue weighted by atomic mass is 10.0. The summed E-state index contributed by atoms with van der Waals surface area (Å²) >= 11 is 0. The van der Waals surface area contributed by atoms with Crippen molar-refractivity contribution in [1.82, 2.24) is 24.8 Å². The van der Waals surface area contributed by atoms with Gasteiger partial charge in [-0.3, -0.25) is 4.79 Å². The van der Waals surface area contributed by atoms with E-state index in [4.69, 9.17) is 0 Å². The second-order valence-electron chi connectivity index (χ2n) is 7.36. The zero-order valence-corrected chi connectivity index (χ0v) is 14.4. The Hall–Kier alpha value is -1.43. The third kappa shape index (κ3) is 4.10. The van der Waals surface area contributed by atoms with Crippen LogP contribution in [-0.4, -0.2) is 63.4 Å². The zero-order chi connectivity index (χ0) is 16.2.